The molecule has 2 heterocycles. The lowest BCUT2D eigenvalue weighted by atomic mass is 10.1. The van der Waals surface area contributed by atoms with Gasteiger partial charge in [0.15, 0.2) is 0 Å². The lowest BCUT2D eigenvalue weighted by Gasteiger charge is -2.36. The number of hydrogen-bond donors (Lipinski definition) is 1. The summed E-state index contributed by atoms with van der Waals surface area (Å²) in [5.74, 6) is 0. The highest BCUT2D eigenvalue weighted by Crippen LogP contribution is 2.17. The van der Waals surface area contributed by atoms with E-state index in [1.807, 2.05) is 0 Å². The van der Waals surface area contributed by atoms with Crippen molar-refractivity contribution in [2.24, 2.45) is 5.73 Å². The van der Waals surface area contributed by atoms with Crippen LogP contribution in [0.15, 0.2) is 0 Å². The molecule has 0 saturated carbocycles. The molecule has 0 aromatic heterocycles. The Morgan fingerprint density at radius 3 is 2.85 bits per heavy atom. The second kappa shape index (κ2) is 4.40. The molecular formula is C10H20N2O. The second-order valence-corrected chi connectivity index (χ2v) is 4.30. The van der Waals surface area contributed by atoms with Gasteiger partial charge in [0.2, 0.25) is 0 Å². The Morgan fingerprint density at radius 1 is 1.38 bits per heavy atom. The Hall–Kier alpha value is -0.120. The van der Waals surface area contributed by atoms with Gasteiger partial charge in [0, 0.05) is 25.7 Å². The maximum atomic E-state index is 5.70. The van der Waals surface area contributed by atoms with Crippen LogP contribution < -0.4 is 5.73 Å². The molecular weight excluding hydrogens is 164 g/mol. The minimum absolute atomic E-state index is 0.447. The van der Waals surface area contributed by atoms with Crippen LogP contribution in [0, 0.1) is 0 Å². The van der Waals surface area contributed by atoms with E-state index >= 15 is 0 Å². The standard InChI is InChI=1S/C10H20N2O/c11-9-7-12(8-9)5-1-3-10-4-2-6-13-10/h9-10H,1-8,11H2. The fourth-order valence-corrected chi connectivity index (χ4v) is 2.21. The first kappa shape index (κ1) is 9.44. The van der Waals surface area contributed by atoms with Crippen LogP contribution in [-0.2, 0) is 4.74 Å². The van der Waals surface area contributed by atoms with Gasteiger partial charge < -0.3 is 15.4 Å². The van der Waals surface area contributed by atoms with Crippen molar-refractivity contribution in [1.82, 2.24) is 4.90 Å². The zero-order valence-corrected chi connectivity index (χ0v) is 8.24. The third kappa shape index (κ3) is 2.66. The number of nitrogens with zero attached hydrogens (tertiary/aromatic N) is 1. The van der Waals surface area contributed by atoms with Crippen LogP contribution in [0.3, 0.4) is 0 Å². The SMILES string of the molecule is NC1CN(CCCC2CCCO2)C1. The molecule has 0 amide bonds. The molecule has 0 spiro atoms. The molecule has 76 valence electrons. The van der Waals surface area contributed by atoms with Gasteiger partial charge in [-0.2, -0.15) is 0 Å². The van der Waals surface area contributed by atoms with Gasteiger partial charge in [0.05, 0.1) is 6.10 Å². The molecule has 2 rings (SSSR count). The van der Waals surface area contributed by atoms with Crippen molar-refractivity contribution in [3.8, 4) is 0 Å². The third-order valence-corrected chi connectivity index (χ3v) is 3.01. The smallest absolute Gasteiger partial charge is 0.0576 e. The topological polar surface area (TPSA) is 38.5 Å². The minimum Gasteiger partial charge on any atom is -0.378 e. The van der Waals surface area contributed by atoms with Crippen LogP contribution in [0.4, 0.5) is 0 Å². The highest BCUT2D eigenvalue weighted by molar-refractivity contribution is 4.82. The van der Waals surface area contributed by atoms with Gasteiger partial charge >= 0.3 is 0 Å². The first-order chi connectivity index (χ1) is 6.34. The fourth-order valence-electron chi connectivity index (χ4n) is 2.21. The average molecular weight is 184 g/mol. The highest BCUT2D eigenvalue weighted by Gasteiger charge is 2.22. The Balaban J connectivity index is 1.49. The molecule has 2 aliphatic heterocycles. The van der Waals surface area contributed by atoms with Gasteiger partial charge in [0.1, 0.15) is 0 Å². The van der Waals surface area contributed by atoms with Crippen LogP contribution in [0.5, 0.6) is 0 Å². The van der Waals surface area contributed by atoms with Crippen LogP contribution in [-0.4, -0.2) is 43.3 Å². The van der Waals surface area contributed by atoms with Crippen molar-refractivity contribution in [1.29, 1.82) is 0 Å². The van der Waals surface area contributed by atoms with Crippen molar-refractivity contribution in [2.75, 3.05) is 26.2 Å². The van der Waals surface area contributed by atoms with Gasteiger partial charge in [0.25, 0.3) is 0 Å². The van der Waals surface area contributed by atoms with Crippen molar-refractivity contribution in [2.45, 2.75) is 37.8 Å². The quantitative estimate of drug-likeness (QED) is 0.695. The Bertz CT molecular complexity index is 151. The molecule has 3 heteroatoms. The first-order valence-electron chi connectivity index (χ1n) is 5.44. The highest BCUT2D eigenvalue weighted by atomic mass is 16.5. The maximum absolute atomic E-state index is 5.70. The molecule has 0 aromatic carbocycles. The van der Waals surface area contributed by atoms with Crippen molar-refractivity contribution < 1.29 is 4.74 Å². The Kier molecular flexibility index (Phi) is 3.19. The molecule has 0 bridgehead atoms. The number of hydrogen-bond acceptors (Lipinski definition) is 3. The summed E-state index contributed by atoms with van der Waals surface area (Å²) in [7, 11) is 0. The van der Waals surface area contributed by atoms with Crippen molar-refractivity contribution in [3.63, 3.8) is 0 Å². The van der Waals surface area contributed by atoms with Gasteiger partial charge in [-0.25, -0.2) is 0 Å². The minimum atomic E-state index is 0.447. The zero-order valence-electron chi connectivity index (χ0n) is 8.24. The van der Waals surface area contributed by atoms with Gasteiger partial charge in [-0.05, 0) is 32.2 Å². The van der Waals surface area contributed by atoms with Gasteiger partial charge in [-0.3, -0.25) is 0 Å². The average Bonchev–Trinajstić information content (AvgIpc) is 2.53. The number of nitrogens with two attached hydrogens (primary N) is 1. The van der Waals surface area contributed by atoms with E-state index in [-0.39, 0.29) is 0 Å². The molecule has 0 radical (unpaired) electrons. The molecule has 1 atom stereocenters. The molecule has 2 N–H and O–H groups in total. The molecule has 3 nitrogen and oxygen atoms in total. The predicted octanol–water partition coefficient (Wildman–Crippen LogP) is 0.588. The van der Waals surface area contributed by atoms with E-state index in [4.69, 9.17) is 10.5 Å². The summed E-state index contributed by atoms with van der Waals surface area (Å²) in [6.45, 7) is 4.41. The van der Waals surface area contributed by atoms with E-state index in [1.165, 1.54) is 32.2 Å². The van der Waals surface area contributed by atoms with Crippen LogP contribution in [0.2, 0.25) is 0 Å². The molecule has 0 aromatic rings. The Labute approximate surface area is 80.2 Å². The van der Waals surface area contributed by atoms with E-state index in [0.717, 1.165) is 19.7 Å². The molecule has 2 saturated heterocycles. The Morgan fingerprint density at radius 2 is 2.23 bits per heavy atom. The molecule has 0 aliphatic carbocycles. The largest absolute Gasteiger partial charge is 0.378 e. The summed E-state index contributed by atoms with van der Waals surface area (Å²) in [5.41, 5.74) is 5.70. The molecule has 2 aliphatic rings. The van der Waals surface area contributed by atoms with E-state index in [1.54, 1.807) is 0 Å². The predicted molar refractivity (Wildman–Crippen MR) is 52.6 cm³/mol. The monoisotopic (exact) mass is 184 g/mol. The molecule has 2 fully saturated rings. The lowest BCUT2D eigenvalue weighted by molar-refractivity contribution is 0.0910. The van der Waals surface area contributed by atoms with E-state index in [2.05, 4.69) is 4.90 Å². The van der Waals surface area contributed by atoms with Gasteiger partial charge in [-0.1, -0.05) is 0 Å². The number of rotatable bonds is 4. The zero-order chi connectivity index (χ0) is 9.10. The summed E-state index contributed by atoms with van der Waals surface area (Å²) >= 11 is 0. The van der Waals surface area contributed by atoms with Crippen molar-refractivity contribution >= 4 is 0 Å². The summed E-state index contributed by atoms with van der Waals surface area (Å²) < 4.78 is 5.56. The summed E-state index contributed by atoms with van der Waals surface area (Å²) in [6, 6.07) is 0.447. The van der Waals surface area contributed by atoms with Crippen LogP contribution in [0.1, 0.15) is 25.7 Å². The van der Waals surface area contributed by atoms with Crippen LogP contribution >= 0.6 is 0 Å². The van der Waals surface area contributed by atoms with Crippen molar-refractivity contribution in [3.05, 3.63) is 0 Å². The maximum Gasteiger partial charge on any atom is 0.0576 e. The second-order valence-electron chi connectivity index (χ2n) is 4.30. The normalized spacial score (nSPS) is 30.7. The van der Waals surface area contributed by atoms with E-state index in [0.29, 0.717) is 12.1 Å². The first-order valence-corrected chi connectivity index (χ1v) is 5.44. The molecule has 13 heavy (non-hydrogen) atoms. The third-order valence-electron chi connectivity index (χ3n) is 3.01. The number of ether oxygens (including phenoxy) is 1. The number of likely N-dealkylation sites (tertiary alicyclic amines) is 1. The lowest BCUT2D eigenvalue weighted by Crippen LogP contribution is -2.55. The molecule has 1 unspecified atom stereocenters. The van der Waals surface area contributed by atoms with Crippen LogP contribution in [0.25, 0.3) is 0 Å². The summed E-state index contributed by atoms with van der Waals surface area (Å²) in [5, 5.41) is 0. The summed E-state index contributed by atoms with van der Waals surface area (Å²) in [4.78, 5) is 2.43. The summed E-state index contributed by atoms with van der Waals surface area (Å²) in [6.07, 6.45) is 5.62. The fraction of sp³-hybridized carbons (Fsp3) is 1.00. The van der Waals surface area contributed by atoms with Gasteiger partial charge in [-0.15, -0.1) is 0 Å². The van der Waals surface area contributed by atoms with E-state index in [9.17, 15) is 0 Å². The van der Waals surface area contributed by atoms with E-state index < -0.39 is 0 Å².